The predicted octanol–water partition coefficient (Wildman–Crippen LogP) is 5.55. The summed E-state index contributed by atoms with van der Waals surface area (Å²) >= 11 is 0.743. The minimum Gasteiger partial charge on any atom is -0.345 e. The van der Waals surface area contributed by atoms with Gasteiger partial charge in [0.05, 0.1) is 27.5 Å². The second kappa shape index (κ2) is 13.4. The zero-order valence-electron chi connectivity index (χ0n) is 25.2. The molecule has 0 bridgehead atoms. The van der Waals surface area contributed by atoms with Gasteiger partial charge in [-0.15, -0.1) is 11.3 Å². The number of nitriles is 1. The number of hydrogen-bond acceptors (Lipinski definition) is 6. The summed E-state index contributed by atoms with van der Waals surface area (Å²) in [6.07, 6.45) is 1.56. The number of aromatic nitrogens is 4. The van der Waals surface area contributed by atoms with Crippen molar-refractivity contribution in [3.63, 3.8) is 0 Å². The molecule has 48 heavy (non-hydrogen) atoms. The maximum absolute atomic E-state index is 14.3. The largest absolute Gasteiger partial charge is 0.418 e. The van der Waals surface area contributed by atoms with E-state index in [1.165, 1.54) is 18.2 Å². The highest BCUT2D eigenvalue weighted by molar-refractivity contribution is 7.07. The molecule has 0 aliphatic rings. The third-order valence-electron chi connectivity index (χ3n) is 7.46. The number of rotatable bonds is 7. The molecule has 0 saturated carbocycles. The number of pyridine rings is 1. The van der Waals surface area contributed by atoms with Crippen molar-refractivity contribution in [2.45, 2.75) is 19.1 Å². The Morgan fingerprint density at radius 1 is 0.979 bits per heavy atom. The van der Waals surface area contributed by atoms with E-state index in [0.717, 1.165) is 39.3 Å². The third kappa shape index (κ3) is 6.44. The molecule has 12 heteroatoms. The minimum atomic E-state index is -4.83. The predicted molar refractivity (Wildman–Crippen MR) is 177 cm³/mol. The molecule has 0 aliphatic carbocycles. The number of benzene rings is 3. The van der Waals surface area contributed by atoms with Crippen molar-refractivity contribution in [3.05, 3.63) is 152 Å². The Morgan fingerprint density at radius 3 is 2.33 bits per heavy atom. The van der Waals surface area contributed by atoms with Crippen molar-refractivity contribution >= 4 is 28.9 Å². The van der Waals surface area contributed by atoms with Gasteiger partial charge in [0, 0.05) is 29.7 Å². The molecular formula is C36H25F3N6O2S. The van der Waals surface area contributed by atoms with Crippen LogP contribution in [0.15, 0.2) is 120 Å². The Hall–Kier alpha value is -6.06. The first-order valence-electron chi connectivity index (χ1n) is 14.6. The molecule has 6 aromatic rings. The van der Waals surface area contributed by atoms with Crippen molar-refractivity contribution in [1.82, 2.24) is 24.6 Å². The fourth-order valence-corrected chi connectivity index (χ4v) is 6.23. The van der Waals surface area contributed by atoms with Crippen molar-refractivity contribution in [1.29, 1.82) is 5.26 Å². The lowest BCUT2D eigenvalue weighted by molar-refractivity contribution is -0.137. The van der Waals surface area contributed by atoms with Gasteiger partial charge in [0.1, 0.15) is 16.4 Å². The molecule has 238 valence electrons. The summed E-state index contributed by atoms with van der Waals surface area (Å²) in [5.41, 5.74) is 0.0899. The smallest absolute Gasteiger partial charge is 0.345 e. The van der Waals surface area contributed by atoms with Crippen LogP contribution in [-0.2, 0) is 11.0 Å². The topological polar surface area (TPSA) is 106 Å². The van der Waals surface area contributed by atoms with Crippen LogP contribution < -0.4 is 20.1 Å². The summed E-state index contributed by atoms with van der Waals surface area (Å²) in [5, 5.41) is 17.7. The van der Waals surface area contributed by atoms with Crippen molar-refractivity contribution in [2.24, 2.45) is 0 Å². The Balaban J connectivity index is 1.61. The Labute approximate surface area is 276 Å². The molecular weight excluding hydrogens is 637 g/mol. The first-order chi connectivity index (χ1) is 23.2. The van der Waals surface area contributed by atoms with Gasteiger partial charge in [0.2, 0.25) is 0 Å². The number of halogens is 3. The SMILES string of the molecule is CC(NC(=O)/C(C#N)=c1\s/c(=C\c2cn(-c3ccccc3)nc2-c2cccnc2)c(=O)n1-c1ccccc1C(F)(F)F)c1ccccc1. The zero-order valence-corrected chi connectivity index (χ0v) is 26.0. The van der Waals surface area contributed by atoms with Crippen LogP contribution >= 0.6 is 11.3 Å². The van der Waals surface area contributed by atoms with E-state index in [4.69, 9.17) is 5.10 Å². The quantitative estimate of drug-likeness (QED) is 0.242. The molecule has 3 heterocycles. The Morgan fingerprint density at radius 2 is 1.67 bits per heavy atom. The number of nitrogens with one attached hydrogen (secondary N) is 1. The van der Waals surface area contributed by atoms with E-state index in [2.05, 4.69) is 10.3 Å². The lowest BCUT2D eigenvalue weighted by atomic mass is 10.1. The first-order valence-corrected chi connectivity index (χ1v) is 15.4. The molecule has 0 saturated heterocycles. The first kappa shape index (κ1) is 31.9. The number of amides is 1. The van der Waals surface area contributed by atoms with E-state index in [0.29, 0.717) is 16.8 Å². The average molecular weight is 663 g/mol. The van der Waals surface area contributed by atoms with E-state index in [9.17, 15) is 28.0 Å². The third-order valence-corrected chi connectivity index (χ3v) is 8.55. The summed E-state index contributed by atoms with van der Waals surface area (Å²) in [6.45, 7) is 1.71. The van der Waals surface area contributed by atoms with Gasteiger partial charge >= 0.3 is 6.18 Å². The van der Waals surface area contributed by atoms with Gasteiger partial charge in [-0.3, -0.25) is 19.1 Å². The van der Waals surface area contributed by atoms with E-state index < -0.39 is 40.5 Å². The highest BCUT2D eigenvalue weighted by atomic mass is 32.1. The number of thiazole rings is 1. The molecule has 0 spiro atoms. The maximum Gasteiger partial charge on any atom is 0.418 e. The molecule has 0 aliphatic heterocycles. The van der Waals surface area contributed by atoms with Crippen LogP contribution in [0.5, 0.6) is 0 Å². The minimum absolute atomic E-state index is 0.0172. The normalized spacial score (nSPS) is 13.1. The monoisotopic (exact) mass is 662 g/mol. The fourth-order valence-electron chi connectivity index (χ4n) is 5.14. The zero-order chi connectivity index (χ0) is 33.8. The molecule has 8 nitrogen and oxygen atoms in total. The standard InChI is InChI=1S/C36H25F3N6O2S/c1-23(24-11-4-2-5-12-24)42-33(46)28(20-40)35-45(30-17-9-8-16-29(30)36(37,38)39)34(47)31(48-35)19-26-22-44(27-14-6-3-7-15-27)43-32(26)25-13-10-18-41-21-25/h2-19,21-23H,1H3,(H,42,46)/b31-19-,35-28-. The number of carbonyl (C=O) groups excluding carboxylic acids is 1. The second-order valence-corrected chi connectivity index (χ2v) is 11.6. The van der Waals surface area contributed by atoms with Crippen molar-refractivity contribution in [2.75, 3.05) is 0 Å². The molecule has 6 rings (SSSR count). The summed E-state index contributed by atoms with van der Waals surface area (Å²) in [5.74, 6) is -0.840. The van der Waals surface area contributed by atoms with Crippen LogP contribution in [0.2, 0.25) is 0 Å². The molecule has 1 atom stereocenters. The summed E-state index contributed by atoms with van der Waals surface area (Å²) in [4.78, 5) is 31.9. The van der Waals surface area contributed by atoms with Gasteiger partial charge in [-0.2, -0.15) is 23.5 Å². The van der Waals surface area contributed by atoms with Crippen LogP contribution in [0.3, 0.4) is 0 Å². The lowest BCUT2D eigenvalue weighted by Crippen LogP contribution is -2.35. The van der Waals surface area contributed by atoms with Crippen LogP contribution in [0.4, 0.5) is 13.2 Å². The van der Waals surface area contributed by atoms with Gasteiger partial charge in [-0.1, -0.05) is 60.7 Å². The van der Waals surface area contributed by atoms with E-state index >= 15 is 0 Å². The molecule has 1 amide bonds. The van der Waals surface area contributed by atoms with Gasteiger partial charge in [0.25, 0.3) is 11.5 Å². The molecule has 0 fully saturated rings. The van der Waals surface area contributed by atoms with E-state index in [-0.39, 0.29) is 9.20 Å². The lowest BCUT2D eigenvalue weighted by Gasteiger charge is -2.15. The van der Waals surface area contributed by atoms with Gasteiger partial charge < -0.3 is 5.32 Å². The van der Waals surface area contributed by atoms with Crippen LogP contribution in [0, 0.1) is 11.3 Å². The number of carbonyl (C=O) groups is 1. The summed E-state index contributed by atoms with van der Waals surface area (Å²) < 4.78 is 44.9. The van der Waals surface area contributed by atoms with Crippen molar-refractivity contribution in [3.8, 4) is 28.7 Å². The van der Waals surface area contributed by atoms with Crippen molar-refractivity contribution < 1.29 is 18.0 Å². The van der Waals surface area contributed by atoms with Crippen LogP contribution in [0.25, 0.3) is 34.3 Å². The average Bonchev–Trinajstić information content (AvgIpc) is 3.66. The number of para-hydroxylation sites is 2. The Bertz CT molecular complexity index is 2330. The number of alkyl halides is 3. The van der Waals surface area contributed by atoms with Crippen LogP contribution in [-0.4, -0.2) is 25.2 Å². The molecule has 1 N–H and O–H groups in total. The maximum atomic E-state index is 14.3. The summed E-state index contributed by atoms with van der Waals surface area (Å²) in [6, 6.07) is 27.6. The highest BCUT2D eigenvalue weighted by Gasteiger charge is 2.34. The van der Waals surface area contributed by atoms with Gasteiger partial charge in [-0.05, 0) is 55.0 Å². The van der Waals surface area contributed by atoms with Gasteiger partial charge in [0.15, 0.2) is 5.57 Å². The van der Waals surface area contributed by atoms with E-state index in [1.807, 2.05) is 42.5 Å². The second-order valence-electron chi connectivity index (χ2n) is 10.6. The van der Waals surface area contributed by atoms with Gasteiger partial charge in [-0.25, -0.2) is 4.68 Å². The van der Waals surface area contributed by atoms with E-state index in [1.54, 1.807) is 66.6 Å². The molecule has 0 radical (unpaired) electrons. The van der Waals surface area contributed by atoms with Crippen LogP contribution in [0.1, 0.15) is 29.7 Å². The molecule has 1 unspecified atom stereocenters. The number of nitrogens with zero attached hydrogens (tertiary/aromatic N) is 5. The fraction of sp³-hybridized carbons (Fsp3) is 0.0833. The molecule has 3 aromatic heterocycles. The highest BCUT2D eigenvalue weighted by Crippen LogP contribution is 2.33. The summed E-state index contributed by atoms with van der Waals surface area (Å²) in [7, 11) is 0. The Kier molecular flexibility index (Phi) is 8.87. The number of hydrogen-bond donors (Lipinski definition) is 1. The molecule has 3 aromatic carbocycles.